The molecule has 1 amide bonds. The molecule has 3 nitrogen and oxygen atoms in total. The van der Waals surface area contributed by atoms with E-state index in [2.05, 4.69) is 6.92 Å². The molecule has 5 heteroatoms. The molecular formula is C14H19ClN2OS. The minimum Gasteiger partial charge on any atom is -0.398 e. The summed E-state index contributed by atoms with van der Waals surface area (Å²) in [6.45, 7) is 4.00. The van der Waals surface area contributed by atoms with Crippen LogP contribution < -0.4 is 5.73 Å². The highest BCUT2D eigenvalue weighted by molar-refractivity contribution is 8.00. The van der Waals surface area contributed by atoms with Crippen LogP contribution in [-0.2, 0) is 4.79 Å². The summed E-state index contributed by atoms with van der Waals surface area (Å²) in [5, 5.41) is 0.649. The van der Waals surface area contributed by atoms with Crippen molar-refractivity contribution < 1.29 is 4.79 Å². The number of nitrogens with zero attached hydrogens (tertiary/aromatic N) is 1. The van der Waals surface area contributed by atoms with Crippen LogP contribution in [0.5, 0.6) is 0 Å². The third-order valence-electron chi connectivity index (χ3n) is 3.46. The molecule has 0 atom stereocenters. The van der Waals surface area contributed by atoms with Gasteiger partial charge in [-0.2, -0.15) is 0 Å². The monoisotopic (exact) mass is 298 g/mol. The Morgan fingerprint density at radius 3 is 2.84 bits per heavy atom. The minimum atomic E-state index is 0.191. The Morgan fingerprint density at radius 2 is 2.16 bits per heavy atom. The molecule has 1 aromatic rings. The Labute approximate surface area is 123 Å². The number of hydrogen-bond acceptors (Lipinski definition) is 3. The Bertz CT molecular complexity index is 459. The third kappa shape index (κ3) is 4.05. The van der Waals surface area contributed by atoms with Crippen molar-refractivity contribution in [3.63, 3.8) is 0 Å². The number of piperidine rings is 1. The van der Waals surface area contributed by atoms with Gasteiger partial charge in [-0.25, -0.2) is 0 Å². The van der Waals surface area contributed by atoms with E-state index in [1.165, 1.54) is 11.8 Å². The molecule has 1 fully saturated rings. The summed E-state index contributed by atoms with van der Waals surface area (Å²) in [6, 6.07) is 5.35. The normalized spacial score (nSPS) is 16.6. The fourth-order valence-electron chi connectivity index (χ4n) is 2.12. The molecule has 1 saturated heterocycles. The quantitative estimate of drug-likeness (QED) is 0.688. The maximum absolute atomic E-state index is 12.1. The van der Waals surface area contributed by atoms with Crippen molar-refractivity contribution in [3.8, 4) is 0 Å². The standard InChI is InChI=1S/C14H19ClN2OS/c1-10-4-6-17(7-5-10)14(18)9-19-13-8-11(15)2-3-12(13)16/h2-3,8,10H,4-7,9,16H2,1H3. The van der Waals surface area contributed by atoms with E-state index in [1.807, 2.05) is 11.0 Å². The number of hydrogen-bond donors (Lipinski definition) is 1. The second kappa shape index (κ2) is 6.53. The minimum absolute atomic E-state index is 0.191. The molecule has 2 rings (SSSR count). The van der Waals surface area contributed by atoms with Gasteiger partial charge in [-0.1, -0.05) is 18.5 Å². The van der Waals surface area contributed by atoms with Gasteiger partial charge in [-0.15, -0.1) is 11.8 Å². The number of anilines is 1. The van der Waals surface area contributed by atoms with Crippen LogP contribution in [0, 0.1) is 5.92 Å². The molecule has 1 aromatic carbocycles. The third-order valence-corrected chi connectivity index (χ3v) is 4.75. The average Bonchev–Trinajstić information content (AvgIpc) is 2.40. The first-order valence-electron chi connectivity index (χ1n) is 6.52. The maximum atomic E-state index is 12.1. The second-order valence-electron chi connectivity index (χ2n) is 5.03. The Kier molecular flexibility index (Phi) is 4.99. The molecule has 0 bridgehead atoms. The molecule has 2 N–H and O–H groups in total. The number of nitrogen functional groups attached to an aromatic ring is 1. The van der Waals surface area contributed by atoms with Crippen LogP contribution in [0.2, 0.25) is 5.02 Å². The van der Waals surface area contributed by atoms with Crippen LogP contribution in [0.25, 0.3) is 0 Å². The topological polar surface area (TPSA) is 46.3 Å². The predicted octanol–water partition coefficient (Wildman–Crippen LogP) is 3.27. The average molecular weight is 299 g/mol. The zero-order valence-electron chi connectivity index (χ0n) is 11.1. The zero-order valence-corrected chi connectivity index (χ0v) is 12.6. The maximum Gasteiger partial charge on any atom is 0.232 e. The van der Waals surface area contributed by atoms with E-state index >= 15 is 0 Å². The van der Waals surface area contributed by atoms with E-state index in [4.69, 9.17) is 17.3 Å². The van der Waals surface area contributed by atoms with Gasteiger partial charge in [0.15, 0.2) is 0 Å². The number of likely N-dealkylation sites (tertiary alicyclic amines) is 1. The fraction of sp³-hybridized carbons (Fsp3) is 0.500. The first-order valence-corrected chi connectivity index (χ1v) is 7.88. The lowest BCUT2D eigenvalue weighted by Crippen LogP contribution is -2.38. The first-order chi connectivity index (χ1) is 9.06. The molecule has 0 radical (unpaired) electrons. The fourth-order valence-corrected chi connectivity index (χ4v) is 3.27. The number of halogens is 1. The van der Waals surface area contributed by atoms with Gasteiger partial charge >= 0.3 is 0 Å². The molecule has 104 valence electrons. The molecule has 19 heavy (non-hydrogen) atoms. The Morgan fingerprint density at radius 1 is 1.47 bits per heavy atom. The summed E-state index contributed by atoms with van der Waals surface area (Å²) in [6.07, 6.45) is 2.21. The molecule has 0 aromatic heterocycles. The van der Waals surface area contributed by atoms with Crippen molar-refractivity contribution in [2.75, 3.05) is 24.6 Å². The van der Waals surface area contributed by atoms with Gasteiger partial charge in [0.1, 0.15) is 0 Å². The molecule has 0 saturated carbocycles. The first kappa shape index (κ1) is 14.5. The lowest BCUT2D eigenvalue weighted by Gasteiger charge is -2.30. The highest BCUT2D eigenvalue weighted by Gasteiger charge is 2.20. The number of thioether (sulfide) groups is 1. The van der Waals surface area contributed by atoms with Crippen molar-refractivity contribution in [3.05, 3.63) is 23.2 Å². The molecule has 0 unspecified atom stereocenters. The van der Waals surface area contributed by atoms with Crippen molar-refractivity contribution in [1.29, 1.82) is 0 Å². The molecule has 1 aliphatic rings. The van der Waals surface area contributed by atoms with Gasteiger partial charge in [0.25, 0.3) is 0 Å². The van der Waals surface area contributed by atoms with Gasteiger partial charge in [-0.05, 0) is 37.0 Å². The number of rotatable bonds is 3. The Hall–Kier alpha value is -0.870. The van der Waals surface area contributed by atoms with Crippen molar-refractivity contribution >= 4 is 35.0 Å². The van der Waals surface area contributed by atoms with Crippen LogP contribution in [0.15, 0.2) is 23.1 Å². The largest absolute Gasteiger partial charge is 0.398 e. The summed E-state index contributed by atoms with van der Waals surface area (Å²) in [5.41, 5.74) is 6.54. The van der Waals surface area contributed by atoms with E-state index in [0.29, 0.717) is 16.5 Å². The van der Waals surface area contributed by atoms with Crippen LogP contribution >= 0.6 is 23.4 Å². The summed E-state index contributed by atoms with van der Waals surface area (Å²) in [5.74, 6) is 1.36. The molecular weight excluding hydrogens is 280 g/mol. The number of carbonyl (C=O) groups is 1. The lowest BCUT2D eigenvalue weighted by atomic mass is 9.99. The van der Waals surface area contributed by atoms with E-state index in [9.17, 15) is 4.79 Å². The second-order valence-corrected chi connectivity index (χ2v) is 6.49. The number of amides is 1. The molecule has 1 aliphatic heterocycles. The van der Waals surface area contributed by atoms with Gasteiger partial charge < -0.3 is 10.6 Å². The van der Waals surface area contributed by atoms with Gasteiger partial charge in [0.05, 0.1) is 5.75 Å². The SMILES string of the molecule is CC1CCN(C(=O)CSc2cc(Cl)ccc2N)CC1. The smallest absolute Gasteiger partial charge is 0.232 e. The van der Waals surface area contributed by atoms with E-state index < -0.39 is 0 Å². The summed E-state index contributed by atoms with van der Waals surface area (Å²) >= 11 is 7.40. The van der Waals surface area contributed by atoms with E-state index in [0.717, 1.165) is 36.7 Å². The number of nitrogens with two attached hydrogens (primary N) is 1. The zero-order chi connectivity index (χ0) is 13.8. The van der Waals surface area contributed by atoms with Crippen molar-refractivity contribution in [2.45, 2.75) is 24.7 Å². The van der Waals surface area contributed by atoms with Crippen LogP contribution in [0.4, 0.5) is 5.69 Å². The van der Waals surface area contributed by atoms with Crippen molar-refractivity contribution in [1.82, 2.24) is 4.90 Å². The van der Waals surface area contributed by atoms with Gasteiger partial charge in [-0.3, -0.25) is 4.79 Å². The lowest BCUT2D eigenvalue weighted by molar-refractivity contribution is -0.129. The van der Waals surface area contributed by atoms with Crippen LogP contribution in [0.1, 0.15) is 19.8 Å². The van der Waals surface area contributed by atoms with Gasteiger partial charge in [0.2, 0.25) is 5.91 Å². The molecule has 0 aliphatic carbocycles. The summed E-state index contributed by atoms with van der Waals surface area (Å²) in [7, 11) is 0. The Balaban J connectivity index is 1.88. The number of benzene rings is 1. The van der Waals surface area contributed by atoms with Crippen LogP contribution in [0.3, 0.4) is 0 Å². The molecule has 0 spiro atoms. The highest BCUT2D eigenvalue weighted by Crippen LogP contribution is 2.28. The van der Waals surface area contributed by atoms with E-state index in [-0.39, 0.29) is 5.91 Å². The predicted molar refractivity (Wildman–Crippen MR) is 81.6 cm³/mol. The summed E-state index contributed by atoms with van der Waals surface area (Å²) < 4.78 is 0. The van der Waals surface area contributed by atoms with Crippen molar-refractivity contribution in [2.24, 2.45) is 5.92 Å². The van der Waals surface area contributed by atoms with Gasteiger partial charge in [0, 0.05) is 28.7 Å². The van der Waals surface area contributed by atoms with Crippen LogP contribution in [-0.4, -0.2) is 29.6 Å². The van der Waals surface area contributed by atoms with E-state index in [1.54, 1.807) is 12.1 Å². The summed E-state index contributed by atoms with van der Waals surface area (Å²) in [4.78, 5) is 14.9. The molecule has 1 heterocycles. The number of carbonyl (C=O) groups excluding carboxylic acids is 1. The highest BCUT2D eigenvalue weighted by atomic mass is 35.5.